The van der Waals surface area contributed by atoms with Gasteiger partial charge in [-0.15, -0.1) is 11.3 Å². The molecular weight excluding hydrogens is 280 g/mol. The Hall–Kier alpha value is -2.58. The Morgan fingerprint density at radius 2 is 2.14 bits per heavy atom. The van der Waals surface area contributed by atoms with Gasteiger partial charge < -0.3 is 5.32 Å². The van der Waals surface area contributed by atoms with Crippen LogP contribution in [0.5, 0.6) is 0 Å². The maximum Gasteiger partial charge on any atom is 0.100 e. The van der Waals surface area contributed by atoms with Gasteiger partial charge in [0.25, 0.3) is 0 Å². The lowest BCUT2D eigenvalue weighted by molar-refractivity contribution is 0.687. The van der Waals surface area contributed by atoms with Gasteiger partial charge in [-0.2, -0.15) is 10.4 Å². The van der Waals surface area contributed by atoms with E-state index in [1.165, 1.54) is 5.56 Å². The number of benzene rings is 1. The fourth-order valence-corrected chi connectivity index (χ4v) is 2.78. The summed E-state index contributed by atoms with van der Waals surface area (Å²) in [6, 6.07) is 14.3. The van der Waals surface area contributed by atoms with E-state index in [0.29, 0.717) is 0 Å². The number of hydrogen-bond donors (Lipinski definition) is 1. The fraction of sp³-hybridized carbons (Fsp3) is 0.125. The van der Waals surface area contributed by atoms with Crippen LogP contribution in [0.3, 0.4) is 0 Å². The van der Waals surface area contributed by atoms with Crippen LogP contribution in [-0.4, -0.2) is 9.78 Å². The number of rotatable bonds is 5. The molecule has 0 radical (unpaired) electrons. The van der Waals surface area contributed by atoms with E-state index in [1.807, 2.05) is 28.4 Å². The molecule has 21 heavy (non-hydrogen) atoms. The van der Waals surface area contributed by atoms with Crippen molar-refractivity contribution in [2.75, 3.05) is 5.32 Å². The average molecular weight is 294 g/mol. The smallest absolute Gasteiger partial charge is 0.100 e. The molecule has 104 valence electrons. The summed E-state index contributed by atoms with van der Waals surface area (Å²) >= 11 is 1.60. The Balaban J connectivity index is 1.58. The number of aromatic nitrogens is 2. The molecule has 2 aromatic heterocycles. The van der Waals surface area contributed by atoms with Gasteiger partial charge in [0, 0.05) is 34.9 Å². The summed E-state index contributed by atoms with van der Waals surface area (Å²) in [7, 11) is 0. The van der Waals surface area contributed by atoms with Crippen LogP contribution in [0.1, 0.15) is 16.0 Å². The van der Waals surface area contributed by atoms with E-state index in [4.69, 9.17) is 5.26 Å². The minimum absolute atomic E-state index is 0.728. The van der Waals surface area contributed by atoms with Crippen LogP contribution in [0.15, 0.2) is 54.2 Å². The molecule has 0 saturated carbocycles. The van der Waals surface area contributed by atoms with Crippen molar-refractivity contribution in [1.29, 1.82) is 5.26 Å². The summed E-state index contributed by atoms with van der Waals surface area (Å²) in [5.41, 5.74) is 3.02. The SMILES string of the molecule is N#Cc1csc(CNc2ccc(Cn3cccn3)cc2)c1. The van der Waals surface area contributed by atoms with Gasteiger partial charge in [-0.05, 0) is 29.8 Å². The van der Waals surface area contributed by atoms with Crippen molar-refractivity contribution in [2.24, 2.45) is 0 Å². The van der Waals surface area contributed by atoms with Crippen molar-refractivity contribution in [1.82, 2.24) is 9.78 Å². The molecule has 0 aliphatic carbocycles. The topological polar surface area (TPSA) is 53.6 Å². The third-order valence-corrected chi connectivity index (χ3v) is 4.04. The predicted molar refractivity (Wildman–Crippen MR) is 84.1 cm³/mol. The van der Waals surface area contributed by atoms with E-state index in [9.17, 15) is 0 Å². The number of anilines is 1. The summed E-state index contributed by atoms with van der Waals surface area (Å²) in [5.74, 6) is 0. The number of nitrogens with one attached hydrogen (secondary N) is 1. The standard InChI is InChI=1S/C16H14N4S/c17-9-14-8-16(21-12-14)10-18-15-4-2-13(3-5-15)11-20-7-1-6-19-20/h1-8,12,18H,10-11H2. The molecule has 0 fully saturated rings. The minimum Gasteiger partial charge on any atom is -0.380 e. The lowest BCUT2D eigenvalue weighted by atomic mass is 10.2. The summed E-state index contributed by atoms with van der Waals surface area (Å²) in [5, 5.41) is 18.2. The summed E-state index contributed by atoms with van der Waals surface area (Å²) < 4.78 is 1.90. The van der Waals surface area contributed by atoms with Gasteiger partial charge in [0.15, 0.2) is 0 Å². The van der Waals surface area contributed by atoms with Crippen LogP contribution in [0.25, 0.3) is 0 Å². The number of hydrogen-bond acceptors (Lipinski definition) is 4. The maximum atomic E-state index is 8.80. The average Bonchev–Trinajstić information content (AvgIpc) is 3.18. The molecule has 2 heterocycles. The van der Waals surface area contributed by atoms with Crippen molar-refractivity contribution >= 4 is 17.0 Å². The van der Waals surface area contributed by atoms with E-state index < -0.39 is 0 Å². The predicted octanol–water partition coefficient (Wildman–Crippen LogP) is 3.48. The van der Waals surface area contributed by atoms with Crippen molar-refractivity contribution in [2.45, 2.75) is 13.1 Å². The molecule has 0 bridgehead atoms. The Bertz CT molecular complexity index is 735. The number of thiophene rings is 1. The molecule has 1 N–H and O–H groups in total. The molecule has 0 aliphatic heterocycles. The number of nitriles is 1. The number of nitrogens with zero attached hydrogens (tertiary/aromatic N) is 3. The van der Waals surface area contributed by atoms with Crippen molar-refractivity contribution < 1.29 is 0 Å². The van der Waals surface area contributed by atoms with Gasteiger partial charge in [-0.3, -0.25) is 4.68 Å². The molecule has 0 saturated heterocycles. The van der Waals surface area contributed by atoms with E-state index in [0.717, 1.165) is 29.2 Å². The molecule has 0 atom stereocenters. The molecular formula is C16H14N4S. The lowest BCUT2D eigenvalue weighted by Gasteiger charge is -2.07. The molecule has 0 spiro atoms. The van der Waals surface area contributed by atoms with Gasteiger partial charge in [-0.25, -0.2) is 0 Å². The Morgan fingerprint density at radius 3 is 2.81 bits per heavy atom. The first-order chi connectivity index (χ1) is 10.3. The highest BCUT2D eigenvalue weighted by atomic mass is 32.1. The van der Waals surface area contributed by atoms with Crippen LogP contribution in [0, 0.1) is 11.3 Å². The van der Waals surface area contributed by atoms with Crippen molar-refractivity contribution in [3.63, 3.8) is 0 Å². The Kier molecular flexibility index (Phi) is 3.99. The maximum absolute atomic E-state index is 8.80. The van der Waals surface area contributed by atoms with Gasteiger partial charge in [-0.1, -0.05) is 12.1 Å². The zero-order valence-corrected chi connectivity index (χ0v) is 12.2. The fourth-order valence-electron chi connectivity index (χ4n) is 2.03. The van der Waals surface area contributed by atoms with E-state index in [1.54, 1.807) is 17.5 Å². The monoisotopic (exact) mass is 294 g/mol. The summed E-state index contributed by atoms with van der Waals surface area (Å²) in [4.78, 5) is 1.16. The van der Waals surface area contributed by atoms with Crippen LogP contribution in [0.4, 0.5) is 5.69 Å². The van der Waals surface area contributed by atoms with Crippen LogP contribution in [0.2, 0.25) is 0 Å². The van der Waals surface area contributed by atoms with Crippen LogP contribution in [-0.2, 0) is 13.1 Å². The Labute approximate surface area is 127 Å². The molecule has 5 heteroatoms. The normalized spacial score (nSPS) is 10.2. The molecule has 0 amide bonds. The third-order valence-electron chi connectivity index (χ3n) is 3.11. The minimum atomic E-state index is 0.728. The quantitative estimate of drug-likeness (QED) is 0.784. The Morgan fingerprint density at radius 1 is 1.29 bits per heavy atom. The largest absolute Gasteiger partial charge is 0.380 e. The third kappa shape index (κ3) is 3.50. The highest BCUT2D eigenvalue weighted by Crippen LogP contribution is 2.17. The first-order valence-corrected chi connectivity index (χ1v) is 7.49. The first kappa shape index (κ1) is 13.4. The van der Waals surface area contributed by atoms with Crippen LogP contribution >= 0.6 is 11.3 Å². The second-order valence-electron chi connectivity index (χ2n) is 4.67. The summed E-state index contributed by atoms with van der Waals surface area (Å²) in [6.45, 7) is 1.52. The molecule has 1 aromatic carbocycles. The molecule has 3 rings (SSSR count). The van der Waals surface area contributed by atoms with Gasteiger partial charge >= 0.3 is 0 Å². The summed E-state index contributed by atoms with van der Waals surface area (Å²) in [6.07, 6.45) is 3.74. The highest BCUT2D eigenvalue weighted by Gasteiger charge is 2.00. The second-order valence-corrected chi connectivity index (χ2v) is 5.66. The van der Waals surface area contributed by atoms with Crippen molar-refractivity contribution in [3.05, 3.63) is 70.2 Å². The molecule has 0 unspecified atom stereocenters. The van der Waals surface area contributed by atoms with E-state index in [2.05, 4.69) is 40.8 Å². The van der Waals surface area contributed by atoms with Gasteiger partial charge in [0.1, 0.15) is 6.07 Å². The molecule has 4 nitrogen and oxygen atoms in total. The zero-order chi connectivity index (χ0) is 14.5. The molecule has 3 aromatic rings. The first-order valence-electron chi connectivity index (χ1n) is 6.61. The second kappa shape index (κ2) is 6.25. The molecule has 0 aliphatic rings. The van der Waals surface area contributed by atoms with Crippen LogP contribution < -0.4 is 5.32 Å². The highest BCUT2D eigenvalue weighted by molar-refractivity contribution is 7.10. The van der Waals surface area contributed by atoms with Gasteiger partial charge in [0.05, 0.1) is 12.1 Å². The van der Waals surface area contributed by atoms with E-state index >= 15 is 0 Å². The van der Waals surface area contributed by atoms with Gasteiger partial charge in [0.2, 0.25) is 0 Å². The lowest BCUT2D eigenvalue weighted by Crippen LogP contribution is -2.01. The van der Waals surface area contributed by atoms with E-state index in [-0.39, 0.29) is 0 Å². The van der Waals surface area contributed by atoms with Crippen molar-refractivity contribution in [3.8, 4) is 6.07 Å². The zero-order valence-electron chi connectivity index (χ0n) is 11.4.